The maximum Gasteiger partial charge on any atom is 0.401 e. The van der Waals surface area contributed by atoms with Crippen LogP contribution in [-0.4, -0.2) is 31.2 Å². The van der Waals surface area contributed by atoms with Crippen molar-refractivity contribution in [1.82, 2.24) is 10.6 Å². The summed E-state index contributed by atoms with van der Waals surface area (Å²) in [5.41, 5.74) is 0. The van der Waals surface area contributed by atoms with E-state index in [0.29, 0.717) is 0 Å². The first-order valence-corrected chi connectivity index (χ1v) is 5.45. The van der Waals surface area contributed by atoms with E-state index in [4.69, 9.17) is 0 Å². The van der Waals surface area contributed by atoms with Gasteiger partial charge in [-0.2, -0.15) is 13.2 Å². The second-order valence-corrected chi connectivity index (χ2v) is 3.68. The maximum absolute atomic E-state index is 11.8. The minimum absolute atomic E-state index is 0.0604. The summed E-state index contributed by atoms with van der Waals surface area (Å²) < 4.78 is 35.3. The maximum atomic E-state index is 11.8. The molecule has 0 spiro atoms. The average molecular weight is 240 g/mol. The highest BCUT2D eigenvalue weighted by Gasteiger charge is 2.26. The fourth-order valence-corrected chi connectivity index (χ4v) is 1.32. The Balaban J connectivity index is 3.72. The van der Waals surface area contributed by atoms with Gasteiger partial charge in [0.15, 0.2) is 0 Å². The molecule has 0 aliphatic carbocycles. The van der Waals surface area contributed by atoms with Gasteiger partial charge in [0.2, 0.25) is 5.91 Å². The van der Waals surface area contributed by atoms with E-state index in [2.05, 4.69) is 10.6 Å². The van der Waals surface area contributed by atoms with E-state index in [1.54, 1.807) is 0 Å². The van der Waals surface area contributed by atoms with E-state index >= 15 is 0 Å². The van der Waals surface area contributed by atoms with Crippen molar-refractivity contribution >= 4 is 5.91 Å². The van der Waals surface area contributed by atoms with Gasteiger partial charge >= 0.3 is 6.18 Å². The molecule has 1 unspecified atom stereocenters. The lowest BCUT2D eigenvalue weighted by atomic mass is 10.1. The van der Waals surface area contributed by atoms with Crippen molar-refractivity contribution in [2.45, 2.75) is 45.3 Å². The number of carbonyl (C=O) groups is 1. The van der Waals surface area contributed by atoms with Crippen molar-refractivity contribution in [3.05, 3.63) is 0 Å². The molecule has 0 heterocycles. The summed E-state index contributed by atoms with van der Waals surface area (Å²) in [4.78, 5) is 11.2. The molecular weight excluding hydrogens is 221 g/mol. The molecule has 96 valence electrons. The van der Waals surface area contributed by atoms with Gasteiger partial charge in [0.05, 0.1) is 13.1 Å². The molecule has 1 atom stereocenters. The largest absolute Gasteiger partial charge is 0.401 e. The Kier molecular flexibility index (Phi) is 7.12. The van der Waals surface area contributed by atoms with Crippen molar-refractivity contribution in [1.29, 1.82) is 0 Å². The molecule has 0 saturated heterocycles. The topological polar surface area (TPSA) is 41.1 Å². The Morgan fingerprint density at radius 1 is 1.31 bits per heavy atom. The van der Waals surface area contributed by atoms with Gasteiger partial charge in [-0.25, -0.2) is 0 Å². The predicted molar refractivity (Wildman–Crippen MR) is 56.1 cm³/mol. The number of hydrogen-bond acceptors (Lipinski definition) is 2. The van der Waals surface area contributed by atoms with Crippen molar-refractivity contribution in [3.8, 4) is 0 Å². The van der Waals surface area contributed by atoms with Crippen molar-refractivity contribution < 1.29 is 18.0 Å². The number of nitrogens with one attached hydrogen (secondary N) is 2. The zero-order valence-corrected chi connectivity index (χ0v) is 9.66. The van der Waals surface area contributed by atoms with E-state index in [9.17, 15) is 18.0 Å². The molecule has 0 aromatic rings. The van der Waals surface area contributed by atoms with Crippen LogP contribution in [0.2, 0.25) is 0 Å². The number of rotatable bonds is 7. The standard InChI is InChI=1S/C10H19F3N2O/c1-3-5-8(4-2)15-9(16)6-14-7-10(11,12)13/h8,14H,3-7H2,1-2H3,(H,15,16). The van der Waals surface area contributed by atoms with Crippen LogP contribution in [0.5, 0.6) is 0 Å². The zero-order chi connectivity index (χ0) is 12.6. The third kappa shape index (κ3) is 8.52. The molecular formula is C10H19F3N2O. The van der Waals surface area contributed by atoms with Crippen LogP contribution in [-0.2, 0) is 4.79 Å². The summed E-state index contributed by atoms with van der Waals surface area (Å²) in [5.74, 6) is -0.385. The van der Waals surface area contributed by atoms with Crippen LogP contribution >= 0.6 is 0 Å². The molecule has 0 fully saturated rings. The first-order valence-electron chi connectivity index (χ1n) is 5.45. The Hall–Kier alpha value is -0.780. The summed E-state index contributed by atoms with van der Waals surface area (Å²) in [6.45, 7) is 2.51. The Morgan fingerprint density at radius 2 is 1.94 bits per heavy atom. The number of halogens is 3. The quantitative estimate of drug-likeness (QED) is 0.713. The second kappa shape index (κ2) is 7.49. The highest BCUT2D eigenvalue weighted by Crippen LogP contribution is 2.11. The number of carbonyl (C=O) groups excluding carboxylic acids is 1. The molecule has 1 amide bonds. The normalized spacial score (nSPS) is 13.6. The summed E-state index contributed by atoms with van der Waals surface area (Å²) in [6.07, 6.45) is -1.69. The minimum atomic E-state index is -4.27. The van der Waals surface area contributed by atoms with Crippen molar-refractivity contribution in [2.75, 3.05) is 13.1 Å². The van der Waals surface area contributed by atoms with Crippen molar-refractivity contribution in [3.63, 3.8) is 0 Å². The molecule has 0 aliphatic rings. The van der Waals surface area contributed by atoms with Crippen LogP contribution in [0.15, 0.2) is 0 Å². The van der Waals surface area contributed by atoms with E-state index < -0.39 is 12.7 Å². The lowest BCUT2D eigenvalue weighted by Crippen LogP contribution is -2.42. The lowest BCUT2D eigenvalue weighted by Gasteiger charge is -2.16. The van der Waals surface area contributed by atoms with E-state index in [0.717, 1.165) is 19.3 Å². The summed E-state index contributed by atoms with van der Waals surface area (Å²) in [6, 6.07) is 0.0604. The van der Waals surface area contributed by atoms with Crippen LogP contribution in [0.25, 0.3) is 0 Å². The third-order valence-corrected chi connectivity index (χ3v) is 2.11. The Morgan fingerprint density at radius 3 is 2.38 bits per heavy atom. The molecule has 0 aromatic heterocycles. The first-order chi connectivity index (χ1) is 7.39. The molecule has 0 aromatic carbocycles. The fraction of sp³-hybridized carbons (Fsp3) is 0.900. The molecule has 0 bridgehead atoms. The van der Waals surface area contributed by atoms with Gasteiger partial charge in [0.1, 0.15) is 0 Å². The highest BCUT2D eigenvalue weighted by atomic mass is 19.4. The molecule has 6 heteroatoms. The van der Waals surface area contributed by atoms with E-state index in [1.807, 2.05) is 13.8 Å². The number of alkyl halides is 3. The van der Waals surface area contributed by atoms with Crippen LogP contribution in [0, 0.1) is 0 Å². The highest BCUT2D eigenvalue weighted by molar-refractivity contribution is 5.78. The monoisotopic (exact) mass is 240 g/mol. The summed E-state index contributed by atoms with van der Waals surface area (Å²) in [5, 5.41) is 4.74. The van der Waals surface area contributed by atoms with Gasteiger partial charge in [-0.3, -0.25) is 4.79 Å². The molecule has 0 radical (unpaired) electrons. The average Bonchev–Trinajstić information content (AvgIpc) is 2.15. The predicted octanol–water partition coefficient (Wildman–Crippen LogP) is 1.83. The SMILES string of the molecule is CCCC(CC)NC(=O)CNCC(F)(F)F. The van der Waals surface area contributed by atoms with Crippen molar-refractivity contribution in [2.24, 2.45) is 0 Å². The Labute approximate surface area is 93.8 Å². The van der Waals surface area contributed by atoms with Crippen LogP contribution < -0.4 is 10.6 Å². The van der Waals surface area contributed by atoms with Crippen LogP contribution in [0.4, 0.5) is 13.2 Å². The molecule has 2 N–H and O–H groups in total. The van der Waals surface area contributed by atoms with Gasteiger partial charge < -0.3 is 10.6 Å². The third-order valence-electron chi connectivity index (χ3n) is 2.11. The first kappa shape index (κ1) is 15.2. The van der Waals surface area contributed by atoms with Gasteiger partial charge in [-0.05, 0) is 12.8 Å². The minimum Gasteiger partial charge on any atom is -0.352 e. The van der Waals surface area contributed by atoms with Gasteiger partial charge in [-0.1, -0.05) is 20.3 Å². The summed E-state index contributed by atoms with van der Waals surface area (Å²) >= 11 is 0. The van der Waals surface area contributed by atoms with E-state index in [-0.39, 0.29) is 18.5 Å². The number of hydrogen-bond donors (Lipinski definition) is 2. The lowest BCUT2D eigenvalue weighted by molar-refractivity contribution is -0.128. The summed E-state index contributed by atoms with van der Waals surface area (Å²) in [7, 11) is 0. The van der Waals surface area contributed by atoms with Crippen LogP contribution in [0.1, 0.15) is 33.1 Å². The smallest absolute Gasteiger partial charge is 0.352 e. The van der Waals surface area contributed by atoms with Crippen LogP contribution in [0.3, 0.4) is 0 Å². The van der Waals surface area contributed by atoms with Gasteiger partial charge in [0.25, 0.3) is 0 Å². The molecule has 0 rings (SSSR count). The van der Waals surface area contributed by atoms with E-state index in [1.165, 1.54) is 0 Å². The molecule has 3 nitrogen and oxygen atoms in total. The number of amides is 1. The fourth-order valence-electron chi connectivity index (χ4n) is 1.32. The molecule has 0 aliphatic heterocycles. The van der Waals surface area contributed by atoms with Gasteiger partial charge in [-0.15, -0.1) is 0 Å². The Bertz CT molecular complexity index is 207. The molecule has 16 heavy (non-hydrogen) atoms. The molecule has 0 saturated carbocycles. The van der Waals surface area contributed by atoms with Gasteiger partial charge in [0, 0.05) is 6.04 Å². The second-order valence-electron chi connectivity index (χ2n) is 3.68. The zero-order valence-electron chi connectivity index (χ0n) is 9.66.